The van der Waals surface area contributed by atoms with Crippen LogP contribution in [0.15, 0.2) is 58.5 Å². The number of nitrogens with one attached hydrogen (secondary N) is 1. The molecular weight excluding hydrogens is 372 g/mol. The minimum Gasteiger partial charge on any atom is -0.267 e. The van der Waals surface area contributed by atoms with Gasteiger partial charge in [-0.1, -0.05) is 12.1 Å². The monoisotopic (exact) mass is 390 g/mol. The Morgan fingerprint density at radius 2 is 1.56 bits per heavy atom. The van der Waals surface area contributed by atoms with Crippen molar-refractivity contribution in [2.75, 3.05) is 14.1 Å². The van der Waals surface area contributed by atoms with Gasteiger partial charge in [-0.3, -0.25) is 14.9 Å². The van der Waals surface area contributed by atoms with Crippen molar-refractivity contribution in [3.63, 3.8) is 0 Å². The Kier molecular flexibility index (Phi) is 6.03. The van der Waals surface area contributed by atoms with Gasteiger partial charge in [-0.25, -0.2) is 18.1 Å². The molecular formula is C17H18N4O5S. The summed E-state index contributed by atoms with van der Waals surface area (Å²) in [5.74, 6) is -0.518. The number of nitro benzene ring substituents is 1. The number of hydrazone groups is 1. The summed E-state index contributed by atoms with van der Waals surface area (Å²) in [5.41, 5.74) is 3.58. The number of rotatable bonds is 6. The predicted molar refractivity (Wildman–Crippen MR) is 100 cm³/mol. The number of nitro groups is 1. The summed E-state index contributed by atoms with van der Waals surface area (Å²) in [6.45, 7) is 1.66. The maximum absolute atomic E-state index is 12.0. The fourth-order valence-corrected chi connectivity index (χ4v) is 2.98. The Labute approximate surface area is 156 Å². The van der Waals surface area contributed by atoms with Gasteiger partial charge >= 0.3 is 0 Å². The average Bonchev–Trinajstić information content (AvgIpc) is 2.65. The Hall–Kier alpha value is -3.11. The van der Waals surface area contributed by atoms with Crippen molar-refractivity contribution >= 4 is 27.3 Å². The van der Waals surface area contributed by atoms with Gasteiger partial charge in [-0.05, 0) is 36.8 Å². The number of sulfonamides is 1. The zero-order valence-electron chi connectivity index (χ0n) is 14.9. The molecule has 0 aliphatic heterocycles. The topological polar surface area (TPSA) is 122 Å². The van der Waals surface area contributed by atoms with E-state index in [0.717, 1.165) is 4.31 Å². The van der Waals surface area contributed by atoms with Crippen molar-refractivity contribution < 1.29 is 18.1 Å². The number of benzene rings is 2. The summed E-state index contributed by atoms with van der Waals surface area (Å²) in [4.78, 5) is 22.3. The number of carbonyl (C=O) groups is 1. The smallest absolute Gasteiger partial charge is 0.267 e. The van der Waals surface area contributed by atoms with Gasteiger partial charge in [0, 0.05) is 31.8 Å². The first-order valence-corrected chi connectivity index (χ1v) is 9.19. The molecule has 10 heteroatoms. The molecule has 27 heavy (non-hydrogen) atoms. The molecule has 0 saturated heterocycles. The molecule has 0 aromatic heterocycles. The van der Waals surface area contributed by atoms with Crippen molar-refractivity contribution in [1.29, 1.82) is 0 Å². The van der Waals surface area contributed by atoms with E-state index in [4.69, 9.17) is 0 Å². The second-order valence-electron chi connectivity index (χ2n) is 5.75. The van der Waals surface area contributed by atoms with E-state index in [-0.39, 0.29) is 16.1 Å². The third-order valence-corrected chi connectivity index (χ3v) is 5.55. The third kappa shape index (κ3) is 4.74. The molecule has 2 aromatic rings. The van der Waals surface area contributed by atoms with E-state index in [2.05, 4.69) is 10.5 Å². The number of amides is 1. The highest BCUT2D eigenvalue weighted by molar-refractivity contribution is 7.89. The second kappa shape index (κ2) is 8.06. The fourth-order valence-electron chi connectivity index (χ4n) is 2.08. The highest BCUT2D eigenvalue weighted by Gasteiger charge is 2.16. The lowest BCUT2D eigenvalue weighted by molar-refractivity contribution is -0.384. The molecule has 0 aliphatic carbocycles. The summed E-state index contributed by atoms with van der Waals surface area (Å²) in [6.07, 6.45) is 0. The van der Waals surface area contributed by atoms with Crippen LogP contribution in [0, 0.1) is 10.1 Å². The first-order chi connectivity index (χ1) is 12.6. The Morgan fingerprint density at radius 1 is 1.04 bits per heavy atom. The van der Waals surface area contributed by atoms with E-state index in [1.807, 2.05) is 0 Å². The molecule has 0 bridgehead atoms. The van der Waals surface area contributed by atoms with Gasteiger partial charge in [0.05, 0.1) is 15.5 Å². The Morgan fingerprint density at radius 3 is 2.04 bits per heavy atom. The molecule has 0 saturated carbocycles. The van der Waals surface area contributed by atoms with Crippen LogP contribution in [-0.4, -0.2) is 43.4 Å². The SMILES string of the molecule is C/C(=N/NC(=O)c1ccc([N+](=O)[O-])cc1)c1ccc(S(=O)(=O)N(C)C)cc1. The van der Waals surface area contributed by atoms with Crippen LogP contribution in [0.4, 0.5) is 5.69 Å². The number of hydrogen-bond acceptors (Lipinski definition) is 6. The number of nitrogens with zero attached hydrogens (tertiary/aromatic N) is 3. The molecule has 0 atom stereocenters. The Balaban J connectivity index is 2.11. The number of non-ortho nitro benzene ring substituents is 1. The fraction of sp³-hybridized carbons (Fsp3) is 0.176. The predicted octanol–water partition coefficient (Wildman–Crippen LogP) is 2.00. The van der Waals surface area contributed by atoms with E-state index in [0.29, 0.717) is 11.3 Å². The molecule has 0 unspecified atom stereocenters. The molecule has 0 heterocycles. The van der Waals surface area contributed by atoms with Gasteiger partial charge in [0.1, 0.15) is 0 Å². The molecule has 1 N–H and O–H groups in total. The molecule has 0 radical (unpaired) electrons. The summed E-state index contributed by atoms with van der Waals surface area (Å²) in [7, 11) is -0.619. The molecule has 2 rings (SSSR count). The van der Waals surface area contributed by atoms with Crippen molar-refractivity contribution in [2.24, 2.45) is 5.10 Å². The average molecular weight is 390 g/mol. The maximum Gasteiger partial charge on any atom is 0.271 e. The van der Waals surface area contributed by atoms with Crippen molar-refractivity contribution in [3.05, 3.63) is 69.8 Å². The van der Waals surface area contributed by atoms with Gasteiger partial charge in [0.25, 0.3) is 11.6 Å². The summed E-state index contributed by atoms with van der Waals surface area (Å²) >= 11 is 0. The molecule has 0 spiro atoms. The van der Waals surface area contributed by atoms with Crippen LogP contribution in [0.2, 0.25) is 0 Å². The summed E-state index contributed by atoms with van der Waals surface area (Å²) in [5, 5.41) is 14.6. The van der Waals surface area contributed by atoms with E-state index >= 15 is 0 Å². The normalized spacial score (nSPS) is 12.1. The van der Waals surface area contributed by atoms with Crippen molar-refractivity contribution in [3.8, 4) is 0 Å². The van der Waals surface area contributed by atoms with Crippen LogP contribution < -0.4 is 5.43 Å². The highest BCUT2D eigenvalue weighted by Crippen LogP contribution is 2.15. The maximum atomic E-state index is 12.0. The molecule has 142 valence electrons. The lowest BCUT2D eigenvalue weighted by Crippen LogP contribution is -2.22. The van der Waals surface area contributed by atoms with Gasteiger partial charge in [0.2, 0.25) is 10.0 Å². The third-order valence-electron chi connectivity index (χ3n) is 3.72. The minimum absolute atomic E-state index is 0.112. The quantitative estimate of drug-likeness (QED) is 0.459. The summed E-state index contributed by atoms with van der Waals surface area (Å²) in [6, 6.07) is 11.2. The lowest BCUT2D eigenvalue weighted by Gasteiger charge is -2.11. The first kappa shape index (κ1) is 20.2. The number of hydrogen-bond donors (Lipinski definition) is 1. The van der Waals surface area contributed by atoms with Crippen LogP contribution in [0.25, 0.3) is 0 Å². The van der Waals surface area contributed by atoms with Gasteiger partial charge < -0.3 is 0 Å². The Bertz CT molecular complexity index is 981. The van der Waals surface area contributed by atoms with Crippen LogP contribution >= 0.6 is 0 Å². The highest BCUT2D eigenvalue weighted by atomic mass is 32.2. The molecule has 0 aliphatic rings. The molecule has 2 aromatic carbocycles. The first-order valence-electron chi connectivity index (χ1n) is 7.75. The van der Waals surface area contributed by atoms with Crippen LogP contribution in [0.5, 0.6) is 0 Å². The van der Waals surface area contributed by atoms with E-state index in [1.165, 1.54) is 50.5 Å². The second-order valence-corrected chi connectivity index (χ2v) is 7.91. The van der Waals surface area contributed by atoms with Crippen molar-refractivity contribution in [1.82, 2.24) is 9.73 Å². The number of carbonyl (C=O) groups excluding carboxylic acids is 1. The molecule has 1 amide bonds. The van der Waals surface area contributed by atoms with E-state index < -0.39 is 20.9 Å². The lowest BCUT2D eigenvalue weighted by atomic mass is 10.1. The van der Waals surface area contributed by atoms with Gasteiger partial charge in [0.15, 0.2) is 0 Å². The van der Waals surface area contributed by atoms with Crippen molar-refractivity contribution in [2.45, 2.75) is 11.8 Å². The van der Waals surface area contributed by atoms with E-state index in [9.17, 15) is 23.3 Å². The zero-order valence-corrected chi connectivity index (χ0v) is 15.7. The summed E-state index contributed by atoms with van der Waals surface area (Å²) < 4.78 is 25.2. The van der Waals surface area contributed by atoms with Gasteiger partial charge in [-0.2, -0.15) is 5.10 Å². The standard InChI is InChI=1S/C17H18N4O5S/c1-12(13-6-10-16(11-7-13)27(25,26)20(2)3)18-19-17(22)14-4-8-15(9-5-14)21(23)24/h4-11H,1-3H3,(H,19,22)/b18-12-. The molecule has 0 fully saturated rings. The van der Waals surface area contributed by atoms with Gasteiger partial charge in [-0.15, -0.1) is 0 Å². The zero-order chi connectivity index (χ0) is 20.2. The van der Waals surface area contributed by atoms with E-state index in [1.54, 1.807) is 19.1 Å². The van der Waals surface area contributed by atoms with Crippen LogP contribution in [-0.2, 0) is 10.0 Å². The molecule has 9 nitrogen and oxygen atoms in total. The van der Waals surface area contributed by atoms with Crippen LogP contribution in [0.1, 0.15) is 22.8 Å². The van der Waals surface area contributed by atoms with Crippen LogP contribution in [0.3, 0.4) is 0 Å². The largest absolute Gasteiger partial charge is 0.271 e. The minimum atomic E-state index is -3.52.